The van der Waals surface area contributed by atoms with Crippen molar-refractivity contribution >= 4 is 0 Å². The molecule has 0 saturated carbocycles. The molecule has 0 N–H and O–H groups in total. The van der Waals surface area contributed by atoms with E-state index in [2.05, 4.69) is 26.6 Å². The summed E-state index contributed by atoms with van der Waals surface area (Å²) in [7, 11) is 1.77. The SMILES string of the molecule is COCC1CN(CCOCc2ccccc2)Cc2cncn2C1. The summed E-state index contributed by atoms with van der Waals surface area (Å²) < 4.78 is 13.4. The first-order valence-electron chi connectivity index (χ1n) is 8.17. The molecule has 5 nitrogen and oxygen atoms in total. The lowest BCUT2D eigenvalue weighted by Crippen LogP contribution is -2.32. The molecule has 124 valence electrons. The Morgan fingerprint density at radius 2 is 2.09 bits per heavy atom. The Bertz CT molecular complexity index is 585. The molecule has 1 unspecified atom stereocenters. The van der Waals surface area contributed by atoms with Crippen molar-refractivity contribution in [2.45, 2.75) is 19.7 Å². The summed E-state index contributed by atoms with van der Waals surface area (Å²) in [5, 5.41) is 0. The van der Waals surface area contributed by atoms with Gasteiger partial charge in [0.25, 0.3) is 0 Å². The maximum absolute atomic E-state index is 5.83. The van der Waals surface area contributed by atoms with Gasteiger partial charge in [-0.25, -0.2) is 4.98 Å². The average molecular weight is 315 g/mol. The number of ether oxygens (including phenoxy) is 2. The molecule has 1 atom stereocenters. The monoisotopic (exact) mass is 315 g/mol. The molecule has 3 rings (SSSR count). The minimum Gasteiger partial charge on any atom is -0.384 e. The zero-order chi connectivity index (χ0) is 15.9. The quantitative estimate of drug-likeness (QED) is 0.734. The molecule has 5 heteroatoms. The number of nitrogens with zero attached hydrogens (tertiary/aromatic N) is 3. The number of fused-ring (bicyclic) bond motifs is 1. The van der Waals surface area contributed by atoms with E-state index in [9.17, 15) is 0 Å². The highest BCUT2D eigenvalue weighted by Gasteiger charge is 2.21. The number of benzene rings is 1. The number of hydrogen-bond donors (Lipinski definition) is 0. The van der Waals surface area contributed by atoms with Crippen molar-refractivity contribution in [3.63, 3.8) is 0 Å². The van der Waals surface area contributed by atoms with Crippen molar-refractivity contribution in [2.75, 3.05) is 33.4 Å². The van der Waals surface area contributed by atoms with E-state index in [1.807, 2.05) is 30.7 Å². The van der Waals surface area contributed by atoms with Crippen LogP contribution in [-0.2, 0) is 29.2 Å². The van der Waals surface area contributed by atoms with E-state index in [0.29, 0.717) is 12.5 Å². The zero-order valence-corrected chi connectivity index (χ0v) is 13.7. The van der Waals surface area contributed by atoms with Gasteiger partial charge >= 0.3 is 0 Å². The summed E-state index contributed by atoms with van der Waals surface area (Å²) >= 11 is 0. The third-order valence-corrected chi connectivity index (χ3v) is 4.22. The van der Waals surface area contributed by atoms with Crippen molar-refractivity contribution in [2.24, 2.45) is 5.92 Å². The van der Waals surface area contributed by atoms with Gasteiger partial charge in [0.1, 0.15) is 0 Å². The van der Waals surface area contributed by atoms with E-state index in [1.54, 1.807) is 7.11 Å². The van der Waals surface area contributed by atoms with Gasteiger partial charge in [-0.1, -0.05) is 30.3 Å². The molecular formula is C18H25N3O2. The van der Waals surface area contributed by atoms with E-state index in [1.165, 1.54) is 11.3 Å². The molecule has 1 aliphatic heterocycles. The lowest BCUT2D eigenvalue weighted by atomic mass is 10.1. The number of hydrogen-bond acceptors (Lipinski definition) is 4. The minimum absolute atomic E-state index is 0.490. The minimum atomic E-state index is 0.490. The number of rotatable bonds is 7. The van der Waals surface area contributed by atoms with E-state index in [4.69, 9.17) is 9.47 Å². The Morgan fingerprint density at radius 3 is 2.91 bits per heavy atom. The van der Waals surface area contributed by atoms with Crippen LogP contribution < -0.4 is 0 Å². The van der Waals surface area contributed by atoms with E-state index >= 15 is 0 Å². The summed E-state index contributed by atoms with van der Waals surface area (Å²) in [4.78, 5) is 6.71. The van der Waals surface area contributed by atoms with Crippen LogP contribution in [0, 0.1) is 5.92 Å². The average Bonchev–Trinajstić information content (AvgIpc) is 2.92. The lowest BCUT2D eigenvalue weighted by molar-refractivity contribution is 0.0737. The smallest absolute Gasteiger partial charge is 0.0948 e. The van der Waals surface area contributed by atoms with Gasteiger partial charge in [-0.2, -0.15) is 0 Å². The Morgan fingerprint density at radius 1 is 1.22 bits per heavy atom. The molecule has 0 fully saturated rings. The molecule has 2 heterocycles. The van der Waals surface area contributed by atoms with Gasteiger partial charge in [0.05, 0.1) is 31.8 Å². The van der Waals surface area contributed by atoms with Crippen molar-refractivity contribution in [1.82, 2.24) is 14.5 Å². The maximum atomic E-state index is 5.83. The van der Waals surface area contributed by atoms with Gasteiger partial charge in [0.2, 0.25) is 0 Å². The van der Waals surface area contributed by atoms with Crippen molar-refractivity contribution < 1.29 is 9.47 Å². The topological polar surface area (TPSA) is 39.5 Å². The second-order valence-electron chi connectivity index (χ2n) is 6.13. The molecule has 23 heavy (non-hydrogen) atoms. The second kappa shape index (κ2) is 8.24. The van der Waals surface area contributed by atoms with Crippen molar-refractivity contribution in [1.29, 1.82) is 0 Å². The zero-order valence-electron chi connectivity index (χ0n) is 13.7. The molecule has 1 aromatic carbocycles. The summed E-state index contributed by atoms with van der Waals surface area (Å²) in [6.07, 6.45) is 3.89. The summed E-state index contributed by atoms with van der Waals surface area (Å²) in [6, 6.07) is 10.3. The van der Waals surface area contributed by atoms with E-state index in [0.717, 1.165) is 39.4 Å². The molecule has 1 aromatic heterocycles. The van der Waals surface area contributed by atoms with Crippen LogP contribution in [0.15, 0.2) is 42.9 Å². The van der Waals surface area contributed by atoms with Gasteiger partial charge in [0, 0.05) is 45.4 Å². The number of aromatic nitrogens is 2. The van der Waals surface area contributed by atoms with Gasteiger partial charge in [-0.15, -0.1) is 0 Å². The fraction of sp³-hybridized carbons (Fsp3) is 0.500. The summed E-state index contributed by atoms with van der Waals surface area (Å²) in [5.41, 5.74) is 2.49. The van der Waals surface area contributed by atoms with Gasteiger partial charge in [0.15, 0.2) is 0 Å². The fourth-order valence-electron chi connectivity index (χ4n) is 3.11. The van der Waals surface area contributed by atoms with Crippen LogP contribution in [0.1, 0.15) is 11.3 Å². The predicted octanol–water partition coefficient (Wildman–Crippen LogP) is 2.18. The molecule has 0 saturated heterocycles. The van der Waals surface area contributed by atoms with Crippen molar-refractivity contribution in [3.05, 3.63) is 54.1 Å². The highest BCUT2D eigenvalue weighted by Crippen LogP contribution is 2.16. The van der Waals surface area contributed by atoms with Crippen LogP contribution in [0.3, 0.4) is 0 Å². The largest absolute Gasteiger partial charge is 0.384 e. The summed E-state index contributed by atoms with van der Waals surface area (Å²) in [5.74, 6) is 0.490. The van der Waals surface area contributed by atoms with Crippen LogP contribution in [0.25, 0.3) is 0 Å². The molecule has 0 bridgehead atoms. The van der Waals surface area contributed by atoms with Gasteiger partial charge in [-0.05, 0) is 5.56 Å². The Balaban J connectivity index is 1.50. The maximum Gasteiger partial charge on any atom is 0.0948 e. The van der Waals surface area contributed by atoms with Crippen molar-refractivity contribution in [3.8, 4) is 0 Å². The molecule has 0 amide bonds. The van der Waals surface area contributed by atoms with Gasteiger partial charge in [-0.3, -0.25) is 4.90 Å². The normalized spacial score (nSPS) is 18.6. The van der Waals surface area contributed by atoms with E-state index < -0.39 is 0 Å². The first-order chi connectivity index (χ1) is 11.3. The van der Waals surface area contributed by atoms with Crippen LogP contribution >= 0.6 is 0 Å². The Labute approximate surface area is 137 Å². The van der Waals surface area contributed by atoms with Gasteiger partial charge < -0.3 is 14.0 Å². The number of methoxy groups -OCH3 is 1. The first-order valence-corrected chi connectivity index (χ1v) is 8.17. The highest BCUT2D eigenvalue weighted by molar-refractivity contribution is 5.13. The van der Waals surface area contributed by atoms with E-state index in [-0.39, 0.29) is 0 Å². The standard InChI is InChI=1S/C18H25N3O2/c1-22-13-17-10-20(12-18-9-19-15-21(18)11-17)7-8-23-14-16-5-3-2-4-6-16/h2-6,9,15,17H,7-8,10-14H2,1H3. The second-order valence-corrected chi connectivity index (χ2v) is 6.13. The highest BCUT2D eigenvalue weighted by atomic mass is 16.5. The van der Waals surface area contributed by atoms with Crippen LogP contribution in [-0.4, -0.2) is 47.9 Å². The lowest BCUT2D eigenvalue weighted by Gasteiger charge is -2.23. The first kappa shape index (κ1) is 16.2. The molecule has 0 radical (unpaired) electrons. The van der Waals surface area contributed by atoms with Crippen LogP contribution in [0.2, 0.25) is 0 Å². The molecule has 2 aromatic rings. The summed E-state index contributed by atoms with van der Waals surface area (Å²) in [6.45, 7) is 6.05. The third kappa shape index (κ3) is 4.64. The Kier molecular flexibility index (Phi) is 5.80. The number of imidazole rings is 1. The predicted molar refractivity (Wildman–Crippen MR) is 89.0 cm³/mol. The molecule has 0 aliphatic carbocycles. The Hall–Kier alpha value is -1.69. The fourth-order valence-corrected chi connectivity index (χ4v) is 3.11. The van der Waals surface area contributed by atoms with Crippen LogP contribution in [0.4, 0.5) is 0 Å². The molecule has 0 spiro atoms. The van der Waals surface area contributed by atoms with Crippen LogP contribution in [0.5, 0.6) is 0 Å². The molecular weight excluding hydrogens is 290 g/mol. The molecule has 1 aliphatic rings. The third-order valence-electron chi connectivity index (χ3n) is 4.22.